The molecule has 0 spiro atoms. The minimum atomic E-state index is 0.568. The van der Waals surface area contributed by atoms with E-state index >= 15 is 0 Å². The standard InChI is InChI=1S/C14H22Cl2N2O/c1-3-17-6-5-7-18-10-11-8-12(15)9-13(16)14(11)19-4-2/h8-9,17-18H,3-7,10H2,1-2H3. The summed E-state index contributed by atoms with van der Waals surface area (Å²) < 4.78 is 5.58. The van der Waals surface area contributed by atoms with Crippen molar-refractivity contribution in [2.75, 3.05) is 26.2 Å². The maximum atomic E-state index is 6.15. The smallest absolute Gasteiger partial charge is 0.142 e. The number of halogens is 2. The van der Waals surface area contributed by atoms with Gasteiger partial charge in [0.1, 0.15) is 5.75 Å². The Balaban J connectivity index is 2.51. The lowest BCUT2D eigenvalue weighted by molar-refractivity contribution is 0.335. The minimum absolute atomic E-state index is 0.568. The first-order valence-corrected chi connectivity index (χ1v) is 7.46. The van der Waals surface area contributed by atoms with Gasteiger partial charge in [-0.2, -0.15) is 0 Å². The molecule has 0 aliphatic rings. The first-order valence-electron chi connectivity index (χ1n) is 6.71. The normalized spacial score (nSPS) is 10.7. The van der Waals surface area contributed by atoms with Gasteiger partial charge in [0, 0.05) is 17.1 Å². The molecule has 0 aliphatic carbocycles. The van der Waals surface area contributed by atoms with E-state index in [1.54, 1.807) is 6.07 Å². The topological polar surface area (TPSA) is 33.3 Å². The molecule has 0 atom stereocenters. The highest BCUT2D eigenvalue weighted by molar-refractivity contribution is 6.35. The number of ether oxygens (including phenoxy) is 1. The molecule has 5 heteroatoms. The summed E-state index contributed by atoms with van der Waals surface area (Å²) in [5.74, 6) is 0.729. The Morgan fingerprint density at radius 3 is 2.53 bits per heavy atom. The highest BCUT2D eigenvalue weighted by Crippen LogP contribution is 2.32. The molecule has 3 nitrogen and oxygen atoms in total. The van der Waals surface area contributed by atoms with Crippen molar-refractivity contribution in [1.29, 1.82) is 0 Å². The Bertz CT molecular complexity index is 386. The number of nitrogens with one attached hydrogen (secondary N) is 2. The molecule has 0 aromatic heterocycles. The molecular formula is C14H22Cl2N2O. The SMILES string of the molecule is CCNCCCNCc1cc(Cl)cc(Cl)c1OCC. The fourth-order valence-corrected chi connectivity index (χ4v) is 2.38. The maximum Gasteiger partial charge on any atom is 0.142 e. The molecule has 0 bridgehead atoms. The van der Waals surface area contributed by atoms with Crippen molar-refractivity contribution in [1.82, 2.24) is 10.6 Å². The summed E-state index contributed by atoms with van der Waals surface area (Å²) in [7, 11) is 0. The number of hydrogen-bond acceptors (Lipinski definition) is 3. The zero-order valence-electron chi connectivity index (χ0n) is 11.6. The largest absolute Gasteiger partial charge is 0.492 e. The molecule has 0 amide bonds. The predicted octanol–water partition coefficient (Wildman–Crippen LogP) is 3.48. The van der Waals surface area contributed by atoms with Gasteiger partial charge in [0.2, 0.25) is 0 Å². The van der Waals surface area contributed by atoms with Crippen molar-refractivity contribution in [2.45, 2.75) is 26.8 Å². The van der Waals surface area contributed by atoms with E-state index in [-0.39, 0.29) is 0 Å². The molecule has 1 aromatic carbocycles. The molecule has 0 saturated carbocycles. The molecule has 1 rings (SSSR count). The van der Waals surface area contributed by atoms with Crippen LogP contribution in [-0.4, -0.2) is 26.2 Å². The number of benzene rings is 1. The van der Waals surface area contributed by atoms with E-state index in [1.807, 2.05) is 13.0 Å². The number of hydrogen-bond donors (Lipinski definition) is 2. The van der Waals surface area contributed by atoms with Crippen molar-refractivity contribution in [3.05, 3.63) is 27.7 Å². The van der Waals surface area contributed by atoms with Crippen LogP contribution in [0.2, 0.25) is 10.0 Å². The van der Waals surface area contributed by atoms with Gasteiger partial charge in [0.25, 0.3) is 0 Å². The third-order valence-electron chi connectivity index (χ3n) is 2.65. The molecule has 19 heavy (non-hydrogen) atoms. The van der Waals surface area contributed by atoms with Crippen LogP contribution in [0.4, 0.5) is 0 Å². The van der Waals surface area contributed by atoms with Crippen LogP contribution in [0.5, 0.6) is 5.75 Å². The fraction of sp³-hybridized carbons (Fsp3) is 0.571. The van der Waals surface area contributed by atoms with Crippen molar-refractivity contribution < 1.29 is 4.74 Å². The molecule has 1 aromatic rings. The Kier molecular flexibility index (Phi) is 8.22. The van der Waals surface area contributed by atoms with Crippen molar-refractivity contribution in [3.8, 4) is 5.75 Å². The lowest BCUT2D eigenvalue weighted by Gasteiger charge is -2.13. The minimum Gasteiger partial charge on any atom is -0.492 e. The molecule has 0 saturated heterocycles. The summed E-state index contributed by atoms with van der Waals surface area (Å²) in [4.78, 5) is 0. The first kappa shape index (κ1) is 16.6. The Hall–Kier alpha value is -0.480. The van der Waals surface area contributed by atoms with Gasteiger partial charge in [-0.3, -0.25) is 0 Å². The molecule has 108 valence electrons. The average molecular weight is 305 g/mol. The van der Waals surface area contributed by atoms with E-state index in [9.17, 15) is 0 Å². The molecule has 0 fully saturated rings. The molecule has 0 heterocycles. The molecule has 2 N–H and O–H groups in total. The predicted molar refractivity (Wildman–Crippen MR) is 82.5 cm³/mol. The van der Waals surface area contributed by atoms with E-state index in [4.69, 9.17) is 27.9 Å². The van der Waals surface area contributed by atoms with Crippen LogP contribution >= 0.6 is 23.2 Å². The molecule has 0 unspecified atom stereocenters. The van der Waals surface area contributed by atoms with Gasteiger partial charge in [-0.15, -0.1) is 0 Å². The van der Waals surface area contributed by atoms with Crippen molar-refractivity contribution in [2.24, 2.45) is 0 Å². The van der Waals surface area contributed by atoms with Crippen LogP contribution in [0, 0.1) is 0 Å². The summed E-state index contributed by atoms with van der Waals surface area (Å²) in [6.07, 6.45) is 1.09. The second kappa shape index (κ2) is 9.43. The summed E-state index contributed by atoms with van der Waals surface area (Å²) >= 11 is 12.2. The first-order chi connectivity index (χ1) is 9.19. The van der Waals surface area contributed by atoms with Crippen LogP contribution in [0.3, 0.4) is 0 Å². The Morgan fingerprint density at radius 2 is 1.84 bits per heavy atom. The second-order valence-corrected chi connectivity index (χ2v) is 5.04. The van der Waals surface area contributed by atoms with Gasteiger partial charge < -0.3 is 15.4 Å². The quantitative estimate of drug-likeness (QED) is 0.685. The Labute approximate surface area is 125 Å². The van der Waals surface area contributed by atoms with Gasteiger partial charge in [-0.1, -0.05) is 30.1 Å². The summed E-state index contributed by atoms with van der Waals surface area (Å²) in [6.45, 7) is 8.34. The van der Waals surface area contributed by atoms with Crippen molar-refractivity contribution in [3.63, 3.8) is 0 Å². The van der Waals surface area contributed by atoms with Gasteiger partial charge in [0.05, 0.1) is 11.6 Å². The van der Waals surface area contributed by atoms with Gasteiger partial charge in [0.15, 0.2) is 0 Å². The zero-order chi connectivity index (χ0) is 14.1. The van der Waals surface area contributed by atoms with Crippen molar-refractivity contribution >= 4 is 23.2 Å². The molecule has 0 radical (unpaired) electrons. The molecular weight excluding hydrogens is 283 g/mol. The van der Waals surface area contributed by atoms with Crippen LogP contribution in [0.15, 0.2) is 12.1 Å². The summed E-state index contributed by atoms with van der Waals surface area (Å²) in [5, 5.41) is 7.87. The van der Waals surface area contributed by atoms with E-state index < -0.39 is 0 Å². The van der Waals surface area contributed by atoms with Crippen LogP contribution in [-0.2, 0) is 6.54 Å². The third-order valence-corrected chi connectivity index (χ3v) is 3.15. The maximum absolute atomic E-state index is 6.15. The highest BCUT2D eigenvalue weighted by Gasteiger charge is 2.09. The van der Waals surface area contributed by atoms with E-state index in [0.29, 0.717) is 23.2 Å². The summed E-state index contributed by atoms with van der Waals surface area (Å²) in [6, 6.07) is 3.61. The fourth-order valence-electron chi connectivity index (χ4n) is 1.79. The van der Waals surface area contributed by atoms with Gasteiger partial charge in [-0.25, -0.2) is 0 Å². The number of rotatable bonds is 9. The lowest BCUT2D eigenvalue weighted by Crippen LogP contribution is -2.21. The highest BCUT2D eigenvalue weighted by atomic mass is 35.5. The van der Waals surface area contributed by atoms with Crippen LogP contribution in [0.1, 0.15) is 25.8 Å². The van der Waals surface area contributed by atoms with E-state index in [2.05, 4.69) is 17.6 Å². The lowest BCUT2D eigenvalue weighted by atomic mass is 10.2. The third kappa shape index (κ3) is 6.00. The van der Waals surface area contributed by atoms with Gasteiger partial charge >= 0.3 is 0 Å². The average Bonchev–Trinajstić information content (AvgIpc) is 2.37. The van der Waals surface area contributed by atoms with Crippen LogP contribution in [0.25, 0.3) is 0 Å². The monoisotopic (exact) mass is 304 g/mol. The van der Waals surface area contributed by atoms with E-state index in [0.717, 1.165) is 37.4 Å². The second-order valence-electron chi connectivity index (χ2n) is 4.19. The molecule has 0 aliphatic heterocycles. The van der Waals surface area contributed by atoms with Gasteiger partial charge in [-0.05, 0) is 45.1 Å². The van der Waals surface area contributed by atoms with Crippen LogP contribution < -0.4 is 15.4 Å². The Morgan fingerprint density at radius 1 is 1.11 bits per heavy atom. The zero-order valence-corrected chi connectivity index (χ0v) is 13.1. The van der Waals surface area contributed by atoms with E-state index in [1.165, 1.54) is 0 Å². The summed E-state index contributed by atoms with van der Waals surface area (Å²) in [5.41, 5.74) is 1.00.